The van der Waals surface area contributed by atoms with Crippen LogP contribution in [0, 0.1) is 5.92 Å². The SMILES string of the molecule is CC(C)CN1CCC(OC2CCC2)CC1. The molecule has 15 heavy (non-hydrogen) atoms. The lowest BCUT2D eigenvalue weighted by atomic mass is 9.95. The maximum absolute atomic E-state index is 6.05. The van der Waals surface area contributed by atoms with Crippen LogP contribution in [0.15, 0.2) is 0 Å². The predicted molar refractivity (Wildman–Crippen MR) is 63.0 cm³/mol. The van der Waals surface area contributed by atoms with Gasteiger partial charge in [0.25, 0.3) is 0 Å². The van der Waals surface area contributed by atoms with Crippen molar-refractivity contribution in [3.8, 4) is 0 Å². The van der Waals surface area contributed by atoms with Crippen molar-refractivity contribution in [1.29, 1.82) is 0 Å². The van der Waals surface area contributed by atoms with Crippen LogP contribution in [0.25, 0.3) is 0 Å². The van der Waals surface area contributed by atoms with Gasteiger partial charge in [0.1, 0.15) is 0 Å². The van der Waals surface area contributed by atoms with E-state index in [4.69, 9.17) is 4.74 Å². The Morgan fingerprint density at radius 1 is 1.07 bits per heavy atom. The normalized spacial score (nSPS) is 25.8. The first kappa shape index (κ1) is 11.4. The van der Waals surface area contributed by atoms with Gasteiger partial charge >= 0.3 is 0 Å². The maximum Gasteiger partial charge on any atom is 0.0603 e. The van der Waals surface area contributed by atoms with E-state index >= 15 is 0 Å². The highest BCUT2D eigenvalue weighted by atomic mass is 16.5. The van der Waals surface area contributed by atoms with Gasteiger partial charge in [0, 0.05) is 19.6 Å². The number of rotatable bonds is 4. The number of piperidine rings is 1. The largest absolute Gasteiger partial charge is 0.375 e. The fourth-order valence-electron chi connectivity index (χ4n) is 2.52. The zero-order chi connectivity index (χ0) is 10.7. The molecule has 0 amide bonds. The minimum Gasteiger partial charge on any atom is -0.375 e. The molecule has 2 nitrogen and oxygen atoms in total. The lowest BCUT2D eigenvalue weighted by Crippen LogP contribution is -2.40. The summed E-state index contributed by atoms with van der Waals surface area (Å²) in [5.74, 6) is 0.800. The highest BCUT2D eigenvalue weighted by molar-refractivity contribution is 4.77. The molecule has 0 atom stereocenters. The molecule has 0 bridgehead atoms. The van der Waals surface area contributed by atoms with Gasteiger partial charge in [0.15, 0.2) is 0 Å². The Labute approximate surface area is 94.0 Å². The zero-order valence-electron chi connectivity index (χ0n) is 10.2. The van der Waals surface area contributed by atoms with Crippen molar-refractivity contribution in [2.24, 2.45) is 5.92 Å². The third-order valence-corrected chi connectivity index (χ3v) is 3.60. The van der Waals surface area contributed by atoms with E-state index in [-0.39, 0.29) is 0 Å². The molecule has 2 aliphatic rings. The van der Waals surface area contributed by atoms with E-state index in [9.17, 15) is 0 Å². The molecule has 1 heterocycles. The average molecular weight is 211 g/mol. The van der Waals surface area contributed by atoms with Crippen molar-refractivity contribution >= 4 is 0 Å². The van der Waals surface area contributed by atoms with E-state index in [0.29, 0.717) is 12.2 Å². The number of hydrogen-bond donors (Lipinski definition) is 0. The summed E-state index contributed by atoms with van der Waals surface area (Å²) >= 11 is 0. The molecule has 1 saturated heterocycles. The van der Waals surface area contributed by atoms with Gasteiger partial charge in [-0.1, -0.05) is 13.8 Å². The van der Waals surface area contributed by atoms with E-state index in [1.54, 1.807) is 0 Å². The fourth-order valence-corrected chi connectivity index (χ4v) is 2.52. The van der Waals surface area contributed by atoms with Crippen LogP contribution in [0.4, 0.5) is 0 Å². The molecule has 88 valence electrons. The lowest BCUT2D eigenvalue weighted by Gasteiger charge is -2.36. The van der Waals surface area contributed by atoms with Crippen molar-refractivity contribution < 1.29 is 4.74 Å². The highest BCUT2D eigenvalue weighted by Crippen LogP contribution is 2.26. The molecule has 0 spiro atoms. The quantitative estimate of drug-likeness (QED) is 0.709. The molecule has 1 aliphatic heterocycles. The van der Waals surface area contributed by atoms with Crippen molar-refractivity contribution in [3.05, 3.63) is 0 Å². The first-order chi connectivity index (χ1) is 7.24. The summed E-state index contributed by atoms with van der Waals surface area (Å²) in [6.45, 7) is 8.36. The van der Waals surface area contributed by atoms with Gasteiger partial charge in [-0.2, -0.15) is 0 Å². The zero-order valence-corrected chi connectivity index (χ0v) is 10.2. The third-order valence-electron chi connectivity index (χ3n) is 3.60. The molecule has 1 aliphatic carbocycles. The Bertz CT molecular complexity index is 181. The van der Waals surface area contributed by atoms with Crippen molar-refractivity contribution in [1.82, 2.24) is 4.90 Å². The molecule has 1 saturated carbocycles. The summed E-state index contributed by atoms with van der Waals surface area (Å²) in [6, 6.07) is 0. The van der Waals surface area contributed by atoms with Gasteiger partial charge in [0.2, 0.25) is 0 Å². The van der Waals surface area contributed by atoms with Crippen LogP contribution in [0.5, 0.6) is 0 Å². The van der Waals surface area contributed by atoms with Crippen LogP contribution in [-0.4, -0.2) is 36.7 Å². The summed E-state index contributed by atoms with van der Waals surface area (Å²) in [6.07, 6.45) is 7.70. The summed E-state index contributed by atoms with van der Waals surface area (Å²) in [4.78, 5) is 2.59. The minimum atomic E-state index is 0.568. The standard InChI is InChI=1S/C13H25NO/c1-11(2)10-14-8-6-13(7-9-14)15-12-4-3-5-12/h11-13H,3-10H2,1-2H3. The molecule has 2 heteroatoms. The topological polar surface area (TPSA) is 12.5 Å². The predicted octanol–water partition coefficient (Wildman–Crippen LogP) is 2.68. The second-order valence-electron chi connectivity index (χ2n) is 5.58. The van der Waals surface area contributed by atoms with Crippen molar-refractivity contribution in [2.45, 2.75) is 58.2 Å². The number of nitrogens with zero attached hydrogens (tertiary/aromatic N) is 1. The Kier molecular flexibility index (Phi) is 4.04. The van der Waals surface area contributed by atoms with E-state index < -0.39 is 0 Å². The van der Waals surface area contributed by atoms with Gasteiger partial charge in [-0.25, -0.2) is 0 Å². The van der Waals surface area contributed by atoms with E-state index in [0.717, 1.165) is 5.92 Å². The van der Waals surface area contributed by atoms with Gasteiger partial charge < -0.3 is 9.64 Å². The molecule has 0 aromatic carbocycles. The molecule has 0 radical (unpaired) electrons. The molecule has 0 aromatic heterocycles. The van der Waals surface area contributed by atoms with Crippen LogP contribution in [0.3, 0.4) is 0 Å². The number of hydrogen-bond acceptors (Lipinski definition) is 2. The van der Waals surface area contributed by atoms with Crippen LogP contribution >= 0.6 is 0 Å². The van der Waals surface area contributed by atoms with Gasteiger partial charge in [-0.05, 0) is 38.0 Å². The lowest BCUT2D eigenvalue weighted by molar-refractivity contribution is -0.0740. The van der Waals surface area contributed by atoms with Gasteiger partial charge in [-0.15, -0.1) is 0 Å². The molecule has 0 aromatic rings. The van der Waals surface area contributed by atoms with E-state index in [1.807, 2.05) is 0 Å². The Morgan fingerprint density at radius 3 is 2.13 bits per heavy atom. The molecular weight excluding hydrogens is 186 g/mol. The highest BCUT2D eigenvalue weighted by Gasteiger charge is 2.25. The second kappa shape index (κ2) is 5.31. The first-order valence-electron chi connectivity index (χ1n) is 6.62. The molecule has 0 unspecified atom stereocenters. The summed E-state index contributed by atoms with van der Waals surface area (Å²) in [7, 11) is 0. The maximum atomic E-state index is 6.05. The Balaban J connectivity index is 1.62. The first-order valence-corrected chi connectivity index (χ1v) is 6.62. The summed E-state index contributed by atoms with van der Waals surface area (Å²) < 4.78 is 6.05. The minimum absolute atomic E-state index is 0.568. The van der Waals surface area contributed by atoms with Crippen LogP contribution in [-0.2, 0) is 4.74 Å². The number of ether oxygens (including phenoxy) is 1. The fraction of sp³-hybridized carbons (Fsp3) is 1.00. The second-order valence-corrected chi connectivity index (χ2v) is 5.58. The smallest absolute Gasteiger partial charge is 0.0603 e. The molecular formula is C13H25NO. The van der Waals surface area contributed by atoms with Crippen LogP contribution in [0.1, 0.15) is 46.0 Å². The Morgan fingerprint density at radius 2 is 1.67 bits per heavy atom. The molecule has 0 N–H and O–H groups in total. The van der Waals surface area contributed by atoms with Crippen molar-refractivity contribution in [3.63, 3.8) is 0 Å². The average Bonchev–Trinajstić information content (AvgIpc) is 2.13. The van der Waals surface area contributed by atoms with Crippen LogP contribution < -0.4 is 0 Å². The summed E-state index contributed by atoms with van der Waals surface area (Å²) in [5, 5.41) is 0. The third kappa shape index (κ3) is 3.46. The monoisotopic (exact) mass is 211 g/mol. The van der Waals surface area contributed by atoms with E-state index in [1.165, 1.54) is 51.7 Å². The van der Waals surface area contributed by atoms with Gasteiger partial charge in [-0.3, -0.25) is 0 Å². The molecule has 2 rings (SSSR count). The number of likely N-dealkylation sites (tertiary alicyclic amines) is 1. The van der Waals surface area contributed by atoms with Crippen molar-refractivity contribution in [2.75, 3.05) is 19.6 Å². The van der Waals surface area contributed by atoms with Crippen LogP contribution in [0.2, 0.25) is 0 Å². The van der Waals surface area contributed by atoms with Gasteiger partial charge in [0.05, 0.1) is 12.2 Å². The Hall–Kier alpha value is -0.0800. The van der Waals surface area contributed by atoms with E-state index in [2.05, 4.69) is 18.7 Å². The molecule has 2 fully saturated rings. The summed E-state index contributed by atoms with van der Waals surface area (Å²) in [5.41, 5.74) is 0.